The van der Waals surface area contributed by atoms with Gasteiger partial charge in [0.25, 0.3) is 0 Å². The number of rotatable bonds is 6. The van der Waals surface area contributed by atoms with E-state index in [4.69, 9.17) is 16.3 Å². The van der Waals surface area contributed by atoms with Crippen molar-refractivity contribution in [1.29, 1.82) is 0 Å². The van der Waals surface area contributed by atoms with E-state index in [1.165, 1.54) is 0 Å². The van der Waals surface area contributed by atoms with E-state index in [0.717, 1.165) is 46.8 Å². The maximum atomic E-state index is 12.7. The van der Waals surface area contributed by atoms with Crippen LogP contribution in [0.1, 0.15) is 30.0 Å². The molecule has 1 amide bonds. The van der Waals surface area contributed by atoms with Crippen LogP contribution in [0.5, 0.6) is 5.75 Å². The number of aromatic nitrogens is 2. The Morgan fingerprint density at radius 3 is 2.74 bits per heavy atom. The minimum Gasteiger partial charge on any atom is -0.497 e. The van der Waals surface area contributed by atoms with Gasteiger partial charge in [-0.25, -0.2) is 0 Å². The average Bonchev–Trinajstić information content (AvgIpc) is 3.44. The van der Waals surface area contributed by atoms with Gasteiger partial charge in [0, 0.05) is 16.5 Å². The fourth-order valence-corrected chi connectivity index (χ4v) is 3.24. The van der Waals surface area contributed by atoms with Crippen molar-refractivity contribution >= 4 is 23.2 Å². The molecule has 2 aromatic carbocycles. The number of carbonyl (C=O) groups excluding carboxylic acids is 1. The molecule has 1 saturated carbocycles. The number of carbonyl (C=O) groups is 1. The number of amides is 1. The third-order valence-electron chi connectivity index (χ3n) is 4.66. The second-order valence-corrected chi connectivity index (χ2v) is 7.15. The summed E-state index contributed by atoms with van der Waals surface area (Å²) in [6.45, 7) is 0. The molecule has 6 heteroatoms. The molecule has 0 spiro atoms. The predicted octanol–water partition coefficient (Wildman–Crippen LogP) is 4.80. The number of H-pyrrole nitrogens is 1. The Hall–Kier alpha value is -2.79. The van der Waals surface area contributed by atoms with Gasteiger partial charge in [0.1, 0.15) is 11.4 Å². The lowest BCUT2D eigenvalue weighted by molar-refractivity contribution is -0.115. The lowest BCUT2D eigenvalue weighted by Gasteiger charge is -2.09. The molecule has 1 heterocycles. The molecule has 0 aliphatic heterocycles. The first-order valence-corrected chi connectivity index (χ1v) is 9.29. The van der Waals surface area contributed by atoms with Crippen molar-refractivity contribution in [2.24, 2.45) is 0 Å². The van der Waals surface area contributed by atoms with Crippen molar-refractivity contribution in [3.8, 4) is 17.0 Å². The number of halogens is 1. The Morgan fingerprint density at radius 1 is 1.26 bits per heavy atom. The highest BCUT2D eigenvalue weighted by atomic mass is 35.5. The summed E-state index contributed by atoms with van der Waals surface area (Å²) in [7, 11) is 1.62. The summed E-state index contributed by atoms with van der Waals surface area (Å²) >= 11 is 6.00. The van der Waals surface area contributed by atoms with E-state index in [2.05, 4.69) is 15.5 Å². The number of nitrogens with one attached hydrogen (secondary N) is 2. The SMILES string of the molecule is COc1cccc(CC(=O)Nc2c(-c3ccc(Cl)cc3)n[nH]c2C2CC2)c1. The Balaban J connectivity index is 1.59. The normalized spacial score (nSPS) is 13.4. The van der Waals surface area contributed by atoms with Crippen LogP contribution in [-0.2, 0) is 11.2 Å². The van der Waals surface area contributed by atoms with Gasteiger partial charge in [0.05, 0.1) is 24.9 Å². The van der Waals surface area contributed by atoms with Crippen LogP contribution >= 0.6 is 11.6 Å². The number of hydrogen-bond acceptors (Lipinski definition) is 3. The van der Waals surface area contributed by atoms with Crippen molar-refractivity contribution in [3.05, 3.63) is 64.8 Å². The number of anilines is 1. The Labute approximate surface area is 162 Å². The third kappa shape index (κ3) is 3.98. The molecule has 0 atom stereocenters. The van der Waals surface area contributed by atoms with Gasteiger partial charge < -0.3 is 10.1 Å². The molecular weight excluding hydrogens is 362 g/mol. The molecule has 0 radical (unpaired) electrons. The fourth-order valence-electron chi connectivity index (χ4n) is 3.12. The molecule has 0 unspecified atom stereocenters. The van der Waals surface area contributed by atoms with E-state index >= 15 is 0 Å². The lowest BCUT2D eigenvalue weighted by atomic mass is 10.1. The quantitative estimate of drug-likeness (QED) is 0.644. The monoisotopic (exact) mass is 381 g/mol. The summed E-state index contributed by atoms with van der Waals surface area (Å²) in [5, 5.41) is 11.3. The van der Waals surface area contributed by atoms with E-state index in [-0.39, 0.29) is 12.3 Å². The zero-order valence-corrected chi connectivity index (χ0v) is 15.7. The Kier molecular flexibility index (Phi) is 4.86. The molecule has 1 fully saturated rings. The van der Waals surface area contributed by atoms with Crippen LogP contribution in [0.2, 0.25) is 5.02 Å². The summed E-state index contributed by atoms with van der Waals surface area (Å²) in [5.74, 6) is 1.09. The summed E-state index contributed by atoms with van der Waals surface area (Å²) in [4.78, 5) is 12.7. The topological polar surface area (TPSA) is 67.0 Å². The highest BCUT2D eigenvalue weighted by Crippen LogP contribution is 2.45. The third-order valence-corrected chi connectivity index (χ3v) is 4.91. The van der Waals surface area contributed by atoms with Crippen LogP contribution in [0.25, 0.3) is 11.3 Å². The van der Waals surface area contributed by atoms with Gasteiger partial charge in [-0.3, -0.25) is 9.89 Å². The molecule has 5 nitrogen and oxygen atoms in total. The highest BCUT2D eigenvalue weighted by Gasteiger charge is 2.30. The van der Waals surface area contributed by atoms with Gasteiger partial charge >= 0.3 is 0 Å². The minimum atomic E-state index is -0.0817. The van der Waals surface area contributed by atoms with Crippen molar-refractivity contribution in [2.75, 3.05) is 12.4 Å². The van der Waals surface area contributed by atoms with Crippen LogP contribution in [0.4, 0.5) is 5.69 Å². The molecule has 4 rings (SSSR count). The average molecular weight is 382 g/mol. The molecule has 1 aromatic heterocycles. The Bertz CT molecular complexity index is 962. The van der Waals surface area contributed by atoms with E-state index in [1.54, 1.807) is 7.11 Å². The van der Waals surface area contributed by atoms with Crippen molar-refractivity contribution in [3.63, 3.8) is 0 Å². The molecule has 2 N–H and O–H groups in total. The standard InChI is InChI=1S/C21H20ClN3O2/c1-27-17-4-2-3-13(11-17)12-18(26)23-21-19(14-5-6-14)24-25-20(21)15-7-9-16(22)10-8-15/h2-4,7-11,14H,5-6,12H2,1H3,(H,23,26)(H,24,25). The summed E-state index contributed by atoms with van der Waals surface area (Å²) in [6.07, 6.45) is 2.49. The fraction of sp³-hybridized carbons (Fsp3) is 0.238. The molecule has 1 aliphatic carbocycles. The molecule has 0 saturated heterocycles. The van der Waals surface area contributed by atoms with E-state index in [1.807, 2.05) is 48.5 Å². The number of hydrogen-bond donors (Lipinski definition) is 2. The predicted molar refractivity (Wildman–Crippen MR) is 106 cm³/mol. The number of benzene rings is 2. The second-order valence-electron chi connectivity index (χ2n) is 6.72. The van der Waals surface area contributed by atoms with Gasteiger partial charge in [-0.1, -0.05) is 35.9 Å². The number of ether oxygens (including phenoxy) is 1. The smallest absolute Gasteiger partial charge is 0.228 e. The van der Waals surface area contributed by atoms with E-state index < -0.39 is 0 Å². The maximum absolute atomic E-state index is 12.7. The number of nitrogens with zero attached hydrogens (tertiary/aromatic N) is 1. The number of aromatic amines is 1. The molecule has 3 aromatic rings. The zero-order chi connectivity index (χ0) is 18.8. The van der Waals surface area contributed by atoms with Crippen LogP contribution < -0.4 is 10.1 Å². The summed E-state index contributed by atoms with van der Waals surface area (Å²) in [5.41, 5.74) is 4.33. The zero-order valence-electron chi connectivity index (χ0n) is 15.0. The van der Waals surface area contributed by atoms with Gasteiger partial charge in [-0.05, 0) is 42.7 Å². The first-order valence-electron chi connectivity index (χ1n) is 8.91. The molecule has 138 valence electrons. The molecule has 27 heavy (non-hydrogen) atoms. The summed E-state index contributed by atoms with van der Waals surface area (Å²) in [6, 6.07) is 15.0. The first kappa shape index (κ1) is 17.6. The van der Waals surface area contributed by atoms with Gasteiger partial charge in [-0.15, -0.1) is 0 Å². The minimum absolute atomic E-state index is 0.0817. The maximum Gasteiger partial charge on any atom is 0.228 e. The molecule has 0 bridgehead atoms. The highest BCUT2D eigenvalue weighted by molar-refractivity contribution is 6.30. The lowest BCUT2D eigenvalue weighted by Crippen LogP contribution is -2.15. The van der Waals surface area contributed by atoms with Gasteiger partial charge in [0.2, 0.25) is 5.91 Å². The van der Waals surface area contributed by atoms with Gasteiger partial charge in [0.15, 0.2) is 0 Å². The summed E-state index contributed by atoms with van der Waals surface area (Å²) < 4.78 is 5.23. The second kappa shape index (κ2) is 7.45. The van der Waals surface area contributed by atoms with Crippen LogP contribution in [0.15, 0.2) is 48.5 Å². The van der Waals surface area contributed by atoms with Crippen LogP contribution in [0, 0.1) is 0 Å². The van der Waals surface area contributed by atoms with E-state index in [9.17, 15) is 4.79 Å². The largest absolute Gasteiger partial charge is 0.497 e. The number of methoxy groups -OCH3 is 1. The van der Waals surface area contributed by atoms with Gasteiger partial charge in [-0.2, -0.15) is 5.10 Å². The van der Waals surface area contributed by atoms with Crippen LogP contribution in [-0.4, -0.2) is 23.2 Å². The molecule has 1 aliphatic rings. The Morgan fingerprint density at radius 2 is 2.04 bits per heavy atom. The first-order chi connectivity index (χ1) is 13.1. The van der Waals surface area contributed by atoms with Crippen molar-refractivity contribution in [1.82, 2.24) is 10.2 Å². The molecular formula is C21H20ClN3O2. The van der Waals surface area contributed by atoms with Crippen LogP contribution in [0.3, 0.4) is 0 Å². The van der Waals surface area contributed by atoms with Crippen molar-refractivity contribution < 1.29 is 9.53 Å². The van der Waals surface area contributed by atoms with E-state index in [0.29, 0.717) is 10.9 Å². The van der Waals surface area contributed by atoms with Crippen molar-refractivity contribution in [2.45, 2.75) is 25.2 Å².